The van der Waals surface area contributed by atoms with Crippen LogP contribution in [0.5, 0.6) is 0 Å². The molecule has 0 fully saturated rings. The van der Waals surface area contributed by atoms with Crippen LogP contribution in [0.2, 0.25) is 5.02 Å². The van der Waals surface area contributed by atoms with Crippen LogP contribution in [0.15, 0.2) is 47.6 Å². The van der Waals surface area contributed by atoms with E-state index in [-0.39, 0.29) is 0 Å². The van der Waals surface area contributed by atoms with Crippen LogP contribution in [-0.4, -0.2) is 9.55 Å². The molecule has 0 N–H and O–H groups in total. The number of aryl methyl sites for hydroxylation is 1. The summed E-state index contributed by atoms with van der Waals surface area (Å²) in [7, 11) is 1.97. The molecular formula is C14H12ClN3OS. The zero-order chi connectivity index (χ0) is 14.1. The molecule has 4 nitrogen and oxygen atoms in total. The first-order valence-corrected chi connectivity index (χ1v) is 7.43. The second kappa shape index (κ2) is 5.34. The lowest BCUT2D eigenvalue weighted by atomic mass is 10.3. The van der Waals surface area contributed by atoms with Gasteiger partial charge in [-0.05, 0) is 36.0 Å². The van der Waals surface area contributed by atoms with Gasteiger partial charge >= 0.3 is 0 Å². The molecule has 0 spiro atoms. The van der Waals surface area contributed by atoms with Crippen LogP contribution >= 0.6 is 23.4 Å². The van der Waals surface area contributed by atoms with Crippen molar-refractivity contribution < 1.29 is 4.73 Å². The van der Waals surface area contributed by atoms with E-state index < -0.39 is 0 Å². The third kappa shape index (κ3) is 2.46. The highest BCUT2D eigenvalue weighted by Gasteiger charge is 2.11. The molecule has 6 heteroatoms. The van der Waals surface area contributed by atoms with Crippen molar-refractivity contribution in [3.63, 3.8) is 0 Å². The van der Waals surface area contributed by atoms with Gasteiger partial charge in [-0.25, -0.2) is 4.98 Å². The molecule has 0 unspecified atom stereocenters. The van der Waals surface area contributed by atoms with Crippen LogP contribution in [-0.2, 0) is 12.8 Å². The fourth-order valence-electron chi connectivity index (χ4n) is 2.01. The largest absolute Gasteiger partial charge is 0.618 e. The number of hydrogen-bond donors (Lipinski definition) is 0. The van der Waals surface area contributed by atoms with Crippen molar-refractivity contribution in [2.24, 2.45) is 7.05 Å². The highest BCUT2D eigenvalue weighted by molar-refractivity contribution is 7.98. The maximum Gasteiger partial charge on any atom is 0.251 e. The topological polar surface area (TPSA) is 44.8 Å². The van der Waals surface area contributed by atoms with Crippen LogP contribution < -0.4 is 4.73 Å². The zero-order valence-electron chi connectivity index (χ0n) is 10.8. The molecule has 2 aromatic heterocycles. The maximum absolute atomic E-state index is 11.6. The standard InChI is InChI=1S/C14H12ClN3OS/c1-17-12-6-5-10(15)8-11(12)16-13(17)9-20-14-4-2-3-7-18(14)19/h2-8H,9H2,1H3. The van der Waals surface area contributed by atoms with Gasteiger partial charge in [0.15, 0.2) is 6.20 Å². The molecular weight excluding hydrogens is 294 g/mol. The van der Waals surface area contributed by atoms with Crippen LogP contribution in [0.3, 0.4) is 0 Å². The molecule has 0 atom stereocenters. The number of hydrogen-bond acceptors (Lipinski definition) is 3. The summed E-state index contributed by atoms with van der Waals surface area (Å²) in [5.41, 5.74) is 1.91. The number of nitrogens with zero attached hydrogens (tertiary/aromatic N) is 3. The Morgan fingerprint density at radius 2 is 2.20 bits per heavy atom. The minimum atomic E-state index is 0.634. The fraction of sp³-hybridized carbons (Fsp3) is 0.143. The molecule has 3 aromatic rings. The van der Waals surface area contributed by atoms with Crippen molar-refractivity contribution in [3.8, 4) is 0 Å². The van der Waals surface area contributed by atoms with Gasteiger partial charge in [-0.1, -0.05) is 11.6 Å². The highest BCUT2D eigenvalue weighted by atomic mass is 35.5. The van der Waals surface area contributed by atoms with Gasteiger partial charge < -0.3 is 9.77 Å². The smallest absolute Gasteiger partial charge is 0.251 e. The Hall–Kier alpha value is -1.72. The molecule has 0 amide bonds. The molecule has 0 bridgehead atoms. The van der Waals surface area contributed by atoms with Gasteiger partial charge in [-0.3, -0.25) is 0 Å². The van der Waals surface area contributed by atoms with Gasteiger partial charge in [0.2, 0.25) is 0 Å². The lowest BCUT2D eigenvalue weighted by molar-refractivity contribution is -0.645. The summed E-state index contributed by atoms with van der Waals surface area (Å²) in [6.45, 7) is 0. The predicted octanol–water partition coefficient (Wildman–Crippen LogP) is 3.15. The summed E-state index contributed by atoms with van der Waals surface area (Å²) in [6, 6.07) is 11.0. The van der Waals surface area contributed by atoms with Crippen molar-refractivity contribution in [2.45, 2.75) is 10.8 Å². The third-order valence-corrected chi connectivity index (χ3v) is 4.32. The van der Waals surface area contributed by atoms with Gasteiger partial charge in [-0.15, -0.1) is 0 Å². The molecule has 0 saturated heterocycles. The number of halogens is 1. The van der Waals surface area contributed by atoms with E-state index >= 15 is 0 Å². The molecule has 20 heavy (non-hydrogen) atoms. The first kappa shape index (κ1) is 13.3. The minimum absolute atomic E-state index is 0.634. The van der Waals surface area contributed by atoms with E-state index in [9.17, 15) is 5.21 Å². The van der Waals surface area contributed by atoms with Crippen LogP contribution in [0.25, 0.3) is 11.0 Å². The van der Waals surface area contributed by atoms with Gasteiger partial charge in [-0.2, -0.15) is 4.73 Å². The Morgan fingerprint density at radius 1 is 1.35 bits per heavy atom. The normalized spacial score (nSPS) is 11.1. The summed E-state index contributed by atoms with van der Waals surface area (Å²) in [4.78, 5) is 4.56. The first-order chi connectivity index (χ1) is 9.65. The Morgan fingerprint density at radius 3 is 3.00 bits per heavy atom. The van der Waals surface area contributed by atoms with Gasteiger partial charge in [0.05, 0.1) is 16.8 Å². The van der Waals surface area contributed by atoms with Crippen molar-refractivity contribution in [1.29, 1.82) is 0 Å². The van der Waals surface area contributed by atoms with Crippen molar-refractivity contribution in [1.82, 2.24) is 9.55 Å². The second-order valence-corrected chi connectivity index (χ2v) is 5.81. The lowest BCUT2D eigenvalue weighted by Crippen LogP contribution is -2.27. The average molecular weight is 306 g/mol. The SMILES string of the molecule is Cn1c(CSc2cccc[n+]2[O-])nc2cc(Cl)ccc21. The van der Waals surface area contributed by atoms with Gasteiger partial charge in [0.1, 0.15) is 5.82 Å². The Balaban J connectivity index is 1.88. The van der Waals surface area contributed by atoms with Crippen molar-refractivity contribution in [3.05, 3.63) is 58.6 Å². The van der Waals surface area contributed by atoms with E-state index in [0.717, 1.165) is 21.6 Å². The van der Waals surface area contributed by atoms with E-state index in [1.165, 1.54) is 18.0 Å². The third-order valence-electron chi connectivity index (χ3n) is 3.07. The van der Waals surface area contributed by atoms with E-state index in [1.807, 2.05) is 35.9 Å². The number of benzene rings is 1. The number of thioether (sulfide) groups is 1. The fourth-order valence-corrected chi connectivity index (χ4v) is 3.08. The maximum atomic E-state index is 11.6. The van der Waals surface area contributed by atoms with Crippen LogP contribution in [0, 0.1) is 5.21 Å². The molecule has 0 aliphatic rings. The number of pyridine rings is 1. The van der Waals surface area contributed by atoms with E-state index in [4.69, 9.17) is 11.6 Å². The molecule has 0 aliphatic carbocycles. The Labute approximate surface area is 125 Å². The van der Waals surface area contributed by atoms with E-state index in [1.54, 1.807) is 12.1 Å². The Bertz CT molecular complexity index is 772. The second-order valence-electron chi connectivity index (χ2n) is 4.37. The predicted molar refractivity (Wildman–Crippen MR) is 80.7 cm³/mol. The Kier molecular flexibility index (Phi) is 3.54. The minimum Gasteiger partial charge on any atom is -0.618 e. The molecule has 1 aromatic carbocycles. The summed E-state index contributed by atoms with van der Waals surface area (Å²) in [5.74, 6) is 1.55. The molecule has 102 valence electrons. The number of aromatic nitrogens is 3. The average Bonchev–Trinajstić information content (AvgIpc) is 2.74. The lowest BCUT2D eigenvalue weighted by Gasteiger charge is -2.03. The summed E-state index contributed by atoms with van der Waals surface area (Å²) >= 11 is 7.44. The van der Waals surface area contributed by atoms with Crippen LogP contribution in [0.4, 0.5) is 0 Å². The van der Waals surface area contributed by atoms with E-state index in [0.29, 0.717) is 15.8 Å². The summed E-state index contributed by atoms with van der Waals surface area (Å²) in [6.07, 6.45) is 1.50. The van der Waals surface area contributed by atoms with Crippen molar-refractivity contribution >= 4 is 34.4 Å². The number of rotatable bonds is 3. The molecule has 0 radical (unpaired) electrons. The molecule has 3 rings (SSSR count). The monoisotopic (exact) mass is 305 g/mol. The van der Waals surface area contributed by atoms with E-state index in [2.05, 4.69) is 4.98 Å². The van der Waals surface area contributed by atoms with Gasteiger partial charge in [0, 0.05) is 24.2 Å². The zero-order valence-corrected chi connectivity index (χ0v) is 12.4. The summed E-state index contributed by atoms with van der Waals surface area (Å²) < 4.78 is 2.89. The first-order valence-electron chi connectivity index (χ1n) is 6.07. The molecule has 2 heterocycles. The molecule has 0 aliphatic heterocycles. The number of imidazole rings is 1. The van der Waals surface area contributed by atoms with Crippen LogP contribution in [0.1, 0.15) is 5.82 Å². The molecule has 0 saturated carbocycles. The quantitative estimate of drug-likeness (QED) is 0.424. The van der Waals surface area contributed by atoms with Crippen molar-refractivity contribution in [2.75, 3.05) is 0 Å². The highest BCUT2D eigenvalue weighted by Crippen LogP contribution is 2.24. The van der Waals surface area contributed by atoms with Gasteiger partial charge in [0.25, 0.3) is 5.03 Å². The number of fused-ring (bicyclic) bond motifs is 1. The summed E-state index contributed by atoms with van der Waals surface area (Å²) in [5, 5.41) is 12.9.